The van der Waals surface area contributed by atoms with Crippen molar-refractivity contribution < 1.29 is 5.11 Å². The van der Waals surface area contributed by atoms with E-state index in [1.807, 2.05) is 31.2 Å². The number of hydrogen-bond acceptors (Lipinski definition) is 4. The molecule has 1 heterocycles. The van der Waals surface area contributed by atoms with E-state index in [1.54, 1.807) is 6.07 Å². The Labute approximate surface area is 117 Å². The van der Waals surface area contributed by atoms with Crippen molar-refractivity contribution in [1.29, 1.82) is 0 Å². The van der Waals surface area contributed by atoms with Crippen LogP contribution in [0.25, 0.3) is 0 Å². The topological polar surface area (TPSA) is 58.0 Å². The molecule has 19 heavy (non-hydrogen) atoms. The Balaban J connectivity index is 2.07. The lowest BCUT2D eigenvalue weighted by Crippen LogP contribution is -2.04. The van der Waals surface area contributed by atoms with Crippen LogP contribution in [-0.2, 0) is 19.6 Å². The number of aliphatic hydroxyl groups excluding tert-OH is 1. The second-order valence-electron chi connectivity index (χ2n) is 4.18. The number of aromatic nitrogens is 2. The number of anilines is 1. The van der Waals surface area contributed by atoms with Gasteiger partial charge in [0.05, 0.1) is 6.61 Å². The van der Waals surface area contributed by atoms with Gasteiger partial charge in [0.15, 0.2) is 0 Å². The predicted molar refractivity (Wildman–Crippen MR) is 76.1 cm³/mol. The standard InChI is InChI=1S/C14H16ClN3O/c1-2-13-17-12(15)7-14(18-13)16-8-10-4-3-5-11(6-10)9-19/h3-7,19H,2,8-9H2,1H3,(H,16,17,18). The third-order valence-corrected chi connectivity index (χ3v) is 2.90. The number of nitrogens with zero attached hydrogens (tertiary/aromatic N) is 2. The summed E-state index contributed by atoms with van der Waals surface area (Å²) in [5.74, 6) is 1.44. The number of benzene rings is 1. The molecule has 4 nitrogen and oxygen atoms in total. The highest BCUT2D eigenvalue weighted by molar-refractivity contribution is 6.29. The molecule has 0 bridgehead atoms. The minimum Gasteiger partial charge on any atom is -0.392 e. The molecule has 0 saturated carbocycles. The summed E-state index contributed by atoms with van der Waals surface area (Å²) in [5.41, 5.74) is 1.98. The average Bonchev–Trinajstić information content (AvgIpc) is 2.44. The van der Waals surface area contributed by atoms with Gasteiger partial charge in [-0.2, -0.15) is 0 Å². The fourth-order valence-electron chi connectivity index (χ4n) is 1.74. The van der Waals surface area contributed by atoms with Crippen LogP contribution in [0, 0.1) is 0 Å². The van der Waals surface area contributed by atoms with E-state index < -0.39 is 0 Å². The minimum atomic E-state index is 0.0488. The molecule has 0 saturated heterocycles. The number of halogens is 1. The molecule has 0 spiro atoms. The lowest BCUT2D eigenvalue weighted by molar-refractivity contribution is 0.281. The molecule has 0 aliphatic carbocycles. The summed E-state index contributed by atoms with van der Waals surface area (Å²) in [5, 5.41) is 12.7. The lowest BCUT2D eigenvalue weighted by atomic mass is 10.1. The van der Waals surface area contributed by atoms with E-state index in [0.29, 0.717) is 17.5 Å². The summed E-state index contributed by atoms with van der Waals surface area (Å²) < 4.78 is 0. The highest BCUT2D eigenvalue weighted by atomic mass is 35.5. The maximum atomic E-state index is 9.09. The quantitative estimate of drug-likeness (QED) is 0.825. The summed E-state index contributed by atoms with van der Waals surface area (Å²) in [7, 11) is 0. The number of aryl methyl sites for hydroxylation is 1. The molecule has 1 aromatic carbocycles. The molecule has 2 rings (SSSR count). The van der Waals surface area contributed by atoms with E-state index in [0.717, 1.165) is 23.4 Å². The molecule has 0 atom stereocenters. The number of nitrogens with one attached hydrogen (secondary N) is 1. The Morgan fingerprint density at radius 1 is 1.21 bits per heavy atom. The first-order valence-electron chi connectivity index (χ1n) is 6.17. The van der Waals surface area contributed by atoms with Crippen LogP contribution in [0.3, 0.4) is 0 Å². The summed E-state index contributed by atoms with van der Waals surface area (Å²) in [6.07, 6.45) is 0.745. The Hall–Kier alpha value is -1.65. The van der Waals surface area contributed by atoms with Crippen molar-refractivity contribution in [2.75, 3.05) is 5.32 Å². The molecule has 0 aliphatic heterocycles. The summed E-state index contributed by atoms with van der Waals surface area (Å²) >= 11 is 5.93. The molecule has 100 valence electrons. The van der Waals surface area contributed by atoms with Gasteiger partial charge in [0.25, 0.3) is 0 Å². The largest absolute Gasteiger partial charge is 0.392 e. The van der Waals surface area contributed by atoms with Crippen molar-refractivity contribution in [2.24, 2.45) is 0 Å². The molecule has 5 heteroatoms. The molecule has 0 aliphatic rings. The first-order valence-corrected chi connectivity index (χ1v) is 6.55. The normalized spacial score (nSPS) is 10.5. The molecular formula is C14H16ClN3O. The first kappa shape index (κ1) is 13.8. The maximum Gasteiger partial charge on any atom is 0.134 e. The van der Waals surface area contributed by atoms with Crippen LogP contribution in [0.5, 0.6) is 0 Å². The van der Waals surface area contributed by atoms with Crippen molar-refractivity contribution in [3.63, 3.8) is 0 Å². The smallest absolute Gasteiger partial charge is 0.134 e. The number of aliphatic hydroxyl groups is 1. The second kappa shape index (κ2) is 6.50. The summed E-state index contributed by atoms with van der Waals surface area (Å²) in [6.45, 7) is 2.66. The van der Waals surface area contributed by atoms with Crippen LogP contribution in [0.1, 0.15) is 23.9 Å². The highest BCUT2D eigenvalue weighted by Crippen LogP contribution is 2.13. The minimum absolute atomic E-state index is 0.0488. The van der Waals surface area contributed by atoms with E-state index in [4.69, 9.17) is 16.7 Å². The van der Waals surface area contributed by atoms with Gasteiger partial charge in [0.1, 0.15) is 16.8 Å². The monoisotopic (exact) mass is 277 g/mol. The Kier molecular flexibility index (Phi) is 4.71. The third kappa shape index (κ3) is 3.91. The molecule has 1 aromatic heterocycles. The van der Waals surface area contributed by atoms with Gasteiger partial charge in [-0.3, -0.25) is 0 Å². The zero-order valence-electron chi connectivity index (χ0n) is 10.7. The zero-order valence-corrected chi connectivity index (χ0v) is 11.5. The third-order valence-electron chi connectivity index (χ3n) is 2.71. The fourth-order valence-corrected chi connectivity index (χ4v) is 1.94. The van der Waals surface area contributed by atoms with E-state index in [9.17, 15) is 0 Å². The Morgan fingerprint density at radius 2 is 2.00 bits per heavy atom. The lowest BCUT2D eigenvalue weighted by Gasteiger charge is -2.08. The maximum absolute atomic E-state index is 9.09. The number of hydrogen-bond donors (Lipinski definition) is 2. The van der Waals surface area contributed by atoms with Gasteiger partial charge < -0.3 is 10.4 Å². The van der Waals surface area contributed by atoms with Gasteiger partial charge in [-0.25, -0.2) is 9.97 Å². The van der Waals surface area contributed by atoms with Crippen LogP contribution in [-0.4, -0.2) is 15.1 Å². The molecule has 0 unspecified atom stereocenters. The average molecular weight is 278 g/mol. The molecule has 0 fully saturated rings. The van der Waals surface area contributed by atoms with Crippen molar-refractivity contribution >= 4 is 17.4 Å². The molecule has 2 aromatic rings. The van der Waals surface area contributed by atoms with E-state index in [2.05, 4.69) is 15.3 Å². The van der Waals surface area contributed by atoms with Crippen molar-refractivity contribution in [1.82, 2.24) is 9.97 Å². The second-order valence-corrected chi connectivity index (χ2v) is 4.56. The van der Waals surface area contributed by atoms with E-state index >= 15 is 0 Å². The SMILES string of the molecule is CCc1nc(Cl)cc(NCc2cccc(CO)c2)n1. The van der Waals surface area contributed by atoms with Crippen molar-refractivity contribution in [3.05, 3.63) is 52.4 Å². The molecule has 0 amide bonds. The molecule has 0 radical (unpaired) electrons. The predicted octanol–water partition coefficient (Wildman–Crippen LogP) is 2.80. The van der Waals surface area contributed by atoms with E-state index in [-0.39, 0.29) is 6.61 Å². The van der Waals surface area contributed by atoms with Gasteiger partial charge in [-0.15, -0.1) is 0 Å². The van der Waals surface area contributed by atoms with Gasteiger partial charge in [-0.1, -0.05) is 42.8 Å². The van der Waals surface area contributed by atoms with Crippen LogP contribution < -0.4 is 5.32 Å². The van der Waals surface area contributed by atoms with Crippen molar-refractivity contribution in [2.45, 2.75) is 26.5 Å². The Morgan fingerprint density at radius 3 is 2.74 bits per heavy atom. The van der Waals surface area contributed by atoms with Crippen LogP contribution in [0.15, 0.2) is 30.3 Å². The van der Waals surface area contributed by atoms with E-state index in [1.165, 1.54) is 0 Å². The van der Waals surface area contributed by atoms with Crippen LogP contribution in [0.2, 0.25) is 5.15 Å². The van der Waals surface area contributed by atoms with Crippen molar-refractivity contribution in [3.8, 4) is 0 Å². The fraction of sp³-hybridized carbons (Fsp3) is 0.286. The van der Waals surface area contributed by atoms with Gasteiger partial charge in [0.2, 0.25) is 0 Å². The molecule has 2 N–H and O–H groups in total. The zero-order chi connectivity index (χ0) is 13.7. The Bertz CT molecular complexity index is 560. The van der Waals surface area contributed by atoms with Gasteiger partial charge >= 0.3 is 0 Å². The summed E-state index contributed by atoms with van der Waals surface area (Å²) in [6, 6.07) is 9.47. The first-order chi connectivity index (χ1) is 9.21. The van der Waals surface area contributed by atoms with Gasteiger partial charge in [0, 0.05) is 19.0 Å². The van der Waals surface area contributed by atoms with Crippen LogP contribution in [0.4, 0.5) is 5.82 Å². The molecular weight excluding hydrogens is 262 g/mol. The van der Waals surface area contributed by atoms with Gasteiger partial charge in [-0.05, 0) is 11.1 Å². The highest BCUT2D eigenvalue weighted by Gasteiger charge is 2.02. The van der Waals surface area contributed by atoms with Crippen LogP contribution >= 0.6 is 11.6 Å². The number of rotatable bonds is 5. The summed E-state index contributed by atoms with van der Waals surface area (Å²) in [4.78, 5) is 8.47.